The molecule has 0 fully saturated rings. The number of fused-ring (bicyclic) bond motifs is 1. The molecule has 170 valence electrons. The molecule has 2 aromatic heterocycles. The van der Waals surface area contributed by atoms with E-state index in [1.807, 2.05) is 38.2 Å². The van der Waals surface area contributed by atoms with E-state index in [4.69, 9.17) is 39.8 Å². The van der Waals surface area contributed by atoms with Crippen LogP contribution in [0.15, 0.2) is 59.6 Å². The SMILES string of the molecule is Bc1cnn2c(NCCCNS(=O)(=O)c3cc(Cl)ccc3Cl)cc(-c3ccccc3Cl)nc12. The maximum Gasteiger partial charge on any atom is 0.242 e. The molecule has 2 aromatic carbocycles. The van der Waals surface area contributed by atoms with Crippen LogP contribution in [0.25, 0.3) is 16.9 Å². The molecule has 4 aromatic rings. The van der Waals surface area contributed by atoms with Gasteiger partial charge in [0.05, 0.1) is 10.7 Å². The first kappa shape index (κ1) is 23.8. The van der Waals surface area contributed by atoms with Gasteiger partial charge in [-0.1, -0.05) is 53.0 Å². The summed E-state index contributed by atoms with van der Waals surface area (Å²) in [6.45, 7) is 0.702. The molecule has 33 heavy (non-hydrogen) atoms. The molecule has 0 radical (unpaired) electrons. The van der Waals surface area contributed by atoms with Crippen LogP contribution in [0.1, 0.15) is 6.42 Å². The summed E-state index contributed by atoms with van der Waals surface area (Å²) in [6.07, 6.45) is 2.26. The summed E-state index contributed by atoms with van der Waals surface area (Å²) in [5, 5.41) is 8.72. The van der Waals surface area contributed by atoms with E-state index >= 15 is 0 Å². The summed E-state index contributed by atoms with van der Waals surface area (Å²) in [5.41, 5.74) is 3.18. The number of anilines is 1. The summed E-state index contributed by atoms with van der Waals surface area (Å²) in [6, 6.07) is 13.7. The van der Waals surface area contributed by atoms with Crippen molar-refractivity contribution < 1.29 is 8.42 Å². The minimum Gasteiger partial charge on any atom is -0.370 e. The number of nitrogens with zero attached hydrogens (tertiary/aromatic N) is 3. The van der Waals surface area contributed by atoms with Crippen LogP contribution in [0, 0.1) is 0 Å². The van der Waals surface area contributed by atoms with E-state index in [2.05, 4.69) is 15.1 Å². The molecule has 0 bridgehead atoms. The number of rotatable bonds is 8. The van der Waals surface area contributed by atoms with Crippen molar-refractivity contribution in [3.63, 3.8) is 0 Å². The van der Waals surface area contributed by atoms with Crippen molar-refractivity contribution in [2.45, 2.75) is 11.3 Å². The quantitative estimate of drug-likeness (QED) is 0.274. The fourth-order valence-corrected chi connectivity index (χ4v) is 5.34. The maximum atomic E-state index is 12.5. The van der Waals surface area contributed by atoms with E-state index in [0.29, 0.717) is 28.7 Å². The highest BCUT2D eigenvalue weighted by Crippen LogP contribution is 2.28. The lowest BCUT2D eigenvalue weighted by atomic mass is 10.0. The van der Waals surface area contributed by atoms with Crippen molar-refractivity contribution in [2.24, 2.45) is 0 Å². The Labute approximate surface area is 207 Å². The number of hydrogen-bond donors (Lipinski definition) is 2. The van der Waals surface area contributed by atoms with Gasteiger partial charge in [0.15, 0.2) is 5.65 Å². The van der Waals surface area contributed by atoms with E-state index in [1.54, 1.807) is 10.7 Å². The molecule has 0 saturated heterocycles. The Morgan fingerprint density at radius 2 is 1.79 bits per heavy atom. The van der Waals surface area contributed by atoms with Crippen molar-refractivity contribution in [3.05, 3.63) is 69.8 Å². The molecule has 0 aliphatic carbocycles. The zero-order valence-electron chi connectivity index (χ0n) is 17.5. The Kier molecular flexibility index (Phi) is 7.16. The van der Waals surface area contributed by atoms with E-state index in [0.717, 1.165) is 22.5 Å². The number of benzene rings is 2. The maximum absolute atomic E-state index is 12.5. The van der Waals surface area contributed by atoms with Gasteiger partial charge in [-0.2, -0.15) is 9.61 Å². The summed E-state index contributed by atoms with van der Waals surface area (Å²) in [7, 11) is -1.84. The Bertz CT molecular complexity index is 1430. The summed E-state index contributed by atoms with van der Waals surface area (Å²) in [4.78, 5) is 4.67. The zero-order chi connectivity index (χ0) is 23.6. The largest absolute Gasteiger partial charge is 0.370 e. The van der Waals surface area contributed by atoms with Crippen molar-refractivity contribution in [1.82, 2.24) is 19.3 Å². The van der Waals surface area contributed by atoms with Gasteiger partial charge in [-0.25, -0.2) is 18.1 Å². The fraction of sp³-hybridized carbons (Fsp3) is 0.143. The Morgan fingerprint density at radius 3 is 2.58 bits per heavy atom. The highest BCUT2D eigenvalue weighted by molar-refractivity contribution is 7.89. The van der Waals surface area contributed by atoms with Gasteiger partial charge < -0.3 is 5.32 Å². The van der Waals surface area contributed by atoms with E-state index in [9.17, 15) is 8.42 Å². The van der Waals surface area contributed by atoms with Crippen molar-refractivity contribution in [1.29, 1.82) is 0 Å². The van der Waals surface area contributed by atoms with Gasteiger partial charge in [0.2, 0.25) is 10.0 Å². The van der Waals surface area contributed by atoms with Crippen LogP contribution in [-0.4, -0.2) is 44.0 Å². The second-order valence-electron chi connectivity index (χ2n) is 7.32. The third-order valence-corrected chi connectivity index (χ3v) is 7.44. The molecule has 0 amide bonds. The molecule has 0 saturated carbocycles. The average Bonchev–Trinajstić information content (AvgIpc) is 3.16. The minimum absolute atomic E-state index is 0.0446. The van der Waals surface area contributed by atoms with E-state index < -0.39 is 10.0 Å². The minimum atomic E-state index is -3.77. The predicted molar refractivity (Wildman–Crippen MR) is 136 cm³/mol. The van der Waals surface area contributed by atoms with Crippen LogP contribution in [0.2, 0.25) is 15.1 Å². The number of sulfonamides is 1. The van der Waals surface area contributed by atoms with Crippen LogP contribution in [0.4, 0.5) is 5.82 Å². The first-order valence-electron chi connectivity index (χ1n) is 10.0. The molecule has 2 N–H and O–H groups in total. The standard InChI is InChI=1S/C21H19BCl3N5O2S/c22-15-12-27-30-20(11-18(29-21(15)30)14-4-1-2-5-16(14)24)26-8-3-9-28-33(31,32)19-10-13(23)6-7-17(19)25/h1-2,4-7,10-12,26,28H,3,8-9,22H2. The van der Waals surface area contributed by atoms with Gasteiger partial charge in [0, 0.05) is 41.0 Å². The first-order valence-corrected chi connectivity index (χ1v) is 12.7. The topological polar surface area (TPSA) is 88.4 Å². The lowest BCUT2D eigenvalue weighted by Gasteiger charge is -2.12. The van der Waals surface area contributed by atoms with Gasteiger partial charge in [0.25, 0.3) is 0 Å². The molecule has 2 heterocycles. The molecular weight excluding hydrogens is 504 g/mol. The second kappa shape index (κ2) is 9.91. The van der Waals surface area contributed by atoms with Gasteiger partial charge in [0.1, 0.15) is 18.6 Å². The number of aromatic nitrogens is 3. The van der Waals surface area contributed by atoms with Gasteiger partial charge >= 0.3 is 0 Å². The summed E-state index contributed by atoms with van der Waals surface area (Å²) < 4.78 is 29.3. The van der Waals surface area contributed by atoms with Crippen molar-refractivity contribution >= 4 is 69.6 Å². The molecule has 0 aliphatic heterocycles. The van der Waals surface area contributed by atoms with Crippen molar-refractivity contribution in [3.8, 4) is 11.3 Å². The molecular formula is C21H19BCl3N5O2S. The third-order valence-electron chi connectivity index (χ3n) is 4.93. The lowest BCUT2D eigenvalue weighted by molar-refractivity contribution is 0.580. The normalized spacial score (nSPS) is 11.7. The van der Waals surface area contributed by atoms with Crippen LogP contribution >= 0.6 is 34.8 Å². The Balaban J connectivity index is 1.46. The van der Waals surface area contributed by atoms with Gasteiger partial charge in [-0.3, -0.25) is 0 Å². The zero-order valence-corrected chi connectivity index (χ0v) is 20.6. The Morgan fingerprint density at radius 1 is 1.00 bits per heavy atom. The molecule has 4 rings (SSSR count). The smallest absolute Gasteiger partial charge is 0.242 e. The lowest BCUT2D eigenvalue weighted by Crippen LogP contribution is -2.26. The van der Waals surface area contributed by atoms with Crippen molar-refractivity contribution in [2.75, 3.05) is 18.4 Å². The highest BCUT2D eigenvalue weighted by atomic mass is 35.5. The van der Waals surface area contributed by atoms with Gasteiger partial charge in [-0.15, -0.1) is 0 Å². The summed E-state index contributed by atoms with van der Waals surface area (Å²) >= 11 is 18.3. The van der Waals surface area contributed by atoms with Crippen LogP contribution in [0.5, 0.6) is 0 Å². The second-order valence-corrected chi connectivity index (χ2v) is 10.3. The van der Waals surface area contributed by atoms with Crippen LogP contribution < -0.4 is 15.5 Å². The fourth-order valence-electron chi connectivity index (χ4n) is 3.28. The first-order chi connectivity index (χ1) is 15.8. The van der Waals surface area contributed by atoms with Gasteiger partial charge in [-0.05, 0) is 36.1 Å². The molecule has 12 heteroatoms. The third kappa shape index (κ3) is 5.28. The molecule has 0 spiro atoms. The number of halogens is 3. The highest BCUT2D eigenvalue weighted by Gasteiger charge is 2.18. The predicted octanol–water partition coefficient (Wildman–Crippen LogP) is 3.40. The molecule has 0 unspecified atom stereocenters. The van der Waals surface area contributed by atoms with E-state index in [1.165, 1.54) is 18.2 Å². The molecule has 0 aliphatic rings. The number of nitrogens with one attached hydrogen (secondary N) is 2. The average molecular weight is 523 g/mol. The monoisotopic (exact) mass is 521 g/mol. The number of hydrogen-bond acceptors (Lipinski definition) is 5. The summed E-state index contributed by atoms with van der Waals surface area (Å²) in [5.74, 6) is 0.726. The molecule has 7 nitrogen and oxygen atoms in total. The van der Waals surface area contributed by atoms with E-state index in [-0.39, 0.29) is 16.5 Å². The van der Waals surface area contributed by atoms with Crippen LogP contribution in [0.3, 0.4) is 0 Å². The van der Waals surface area contributed by atoms with Crippen LogP contribution in [-0.2, 0) is 10.0 Å². The molecule has 0 atom stereocenters. The Hall–Kier alpha value is -2.30.